The Labute approximate surface area is 175 Å². The maximum absolute atomic E-state index is 5.43. The fraction of sp³-hybridized carbons (Fsp3) is 0.120. The summed E-state index contributed by atoms with van der Waals surface area (Å²) < 4.78 is 5.43. The molecule has 0 spiro atoms. The topological polar surface area (TPSA) is 41.5 Å². The Kier molecular flexibility index (Phi) is 4.45. The van der Waals surface area contributed by atoms with Gasteiger partial charge >= 0.3 is 0 Å². The second-order valence-electron chi connectivity index (χ2n) is 7.18. The van der Waals surface area contributed by atoms with Crippen molar-refractivity contribution in [2.75, 3.05) is 30.6 Å². The molecule has 1 aliphatic rings. The van der Waals surface area contributed by atoms with Gasteiger partial charge in [-0.3, -0.25) is 9.97 Å². The van der Waals surface area contributed by atoms with Crippen LogP contribution in [-0.2, 0) is 0 Å². The zero-order valence-corrected chi connectivity index (χ0v) is 16.8. The minimum atomic E-state index is 0.745. The third kappa shape index (κ3) is 3.19. The van der Waals surface area contributed by atoms with E-state index >= 15 is 0 Å². The van der Waals surface area contributed by atoms with Crippen molar-refractivity contribution in [3.63, 3.8) is 0 Å². The molecule has 5 rings (SSSR count). The molecule has 2 aromatic heterocycles. The quantitative estimate of drug-likeness (QED) is 0.467. The van der Waals surface area contributed by atoms with E-state index in [9.17, 15) is 0 Å². The molecule has 30 heavy (non-hydrogen) atoms. The number of rotatable bonds is 2. The minimum Gasteiger partial charge on any atom is -0.497 e. The Morgan fingerprint density at radius 3 is 2.70 bits per heavy atom. The van der Waals surface area contributed by atoms with Crippen LogP contribution in [0.4, 0.5) is 17.1 Å². The van der Waals surface area contributed by atoms with E-state index in [1.807, 2.05) is 42.6 Å². The molecule has 0 saturated heterocycles. The van der Waals surface area contributed by atoms with Gasteiger partial charge in [0.2, 0.25) is 0 Å². The monoisotopic (exact) mass is 392 g/mol. The van der Waals surface area contributed by atoms with Crippen LogP contribution in [0.5, 0.6) is 5.75 Å². The highest BCUT2D eigenvalue weighted by Gasteiger charge is 2.27. The highest BCUT2D eigenvalue weighted by Crippen LogP contribution is 2.44. The first-order valence-corrected chi connectivity index (χ1v) is 9.70. The Morgan fingerprint density at radius 2 is 1.87 bits per heavy atom. The van der Waals surface area contributed by atoms with Gasteiger partial charge in [0, 0.05) is 47.7 Å². The summed E-state index contributed by atoms with van der Waals surface area (Å²) in [6.45, 7) is 0.745. The van der Waals surface area contributed by atoms with Crippen molar-refractivity contribution in [2.45, 2.75) is 0 Å². The van der Waals surface area contributed by atoms with Crippen molar-refractivity contribution >= 4 is 28.0 Å². The molecule has 4 aromatic rings. The van der Waals surface area contributed by atoms with Gasteiger partial charge in [-0.25, -0.2) is 0 Å². The molecular formula is C25H20N4O. The summed E-state index contributed by atoms with van der Waals surface area (Å²) in [6, 6.07) is 18.1. The van der Waals surface area contributed by atoms with E-state index < -0.39 is 0 Å². The van der Waals surface area contributed by atoms with Crippen LogP contribution in [0.1, 0.15) is 11.1 Å². The lowest BCUT2D eigenvalue weighted by atomic mass is 10.1. The van der Waals surface area contributed by atoms with Crippen molar-refractivity contribution in [3.05, 3.63) is 84.3 Å². The number of hydrogen-bond acceptors (Lipinski definition) is 5. The van der Waals surface area contributed by atoms with E-state index in [1.165, 1.54) is 0 Å². The summed E-state index contributed by atoms with van der Waals surface area (Å²) in [5.74, 6) is 7.28. The third-order valence-corrected chi connectivity index (χ3v) is 5.23. The molecule has 0 saturated carbocycles. The number of benzene rings is 2. The molecule has 5 heteroatoms. The SMILES string of the molecule is COc1cccc(N2CN(C)c3cnc4ccc(C#Cc5cccnc5)cc4c32)c1. The number of pyridine rings is 2. The molecule has 0 N–H and O–H groups in total. The van der Waals surface area contributed by atoms with Gasteiger partial charge in [0.05, 0.1) is 36.9 Å². The van der Waals surface area contributed by atoms with Crippen LogP contribution in [0.25, 0.3) is 10.9 Å². The fourth-order valence-corrected chi connectivity index (χ4v) is 3.74. The first kappa shape index (κ1) is 18.0. The number of anilines is 3. The standard InChI is InChI=1S/C25H20N4O/c1-28-17-29(20-6-3-7-21(14-20)30-2)25-22-13-18(8-9-19-5-4-12-26-15-19)10-11-23(22)27-16-24(25)28/h3-7,10-16H,17H2,1-2H3. The van der Waals surface area contributed by atoms with Gasteiger partial charge in [0.1, 0.15) is 5.75 Å². The molecule has 0 fully saturated rings. The number of aromatic nitrogens is 2. The summed E-state index contributed by atoms with van der Waals surface area (Å²) in [5, 5.41) is 1.08. The molecule has 0 atom stereocenters. The molecule has 0 radical (unpaired) electrons. The molecule has 5 nitrogen and oxygen atoms in total. The van der Waals surface area contributed by atoms with E-state index in [-0.39, 0.29) is 0 Å². The van der Waals surface area contributed by atoms with E-state index in [2.05, 4.69) is 56.9 Å². The highest BCUT2D eigenvalue weighted by atomic mass is 16.5. The van der Waals surface area contributed by atoms with Crippen LogP contribution in [0, 0.1) is 11.8 Å². The largest absolute Gasteiger partial charge is 0.497 e. The Hall–Kier alpha value is -4.04. The Morgan fingerprint density at radius 1 is 0.967 bits per heavy atom. The molecule has 0 unspecified atom stereocenters. The summed E-state index contributed by atoms with van der Waals surface area (Å²) in [4.78, 5) is 13.3. The van der Waals surface area contributed by atoms with E-state index in [0.717, 1.165) is 51.5 Å². The fourth-order valence-electron chi connectivity index (χ4n) is 3.74. The van der Waals surface area contributed by atoms with Crippen LogP contribution < -0.4 is 14.5 Å². The van der Waals surface area contributed by atoms with Crippen molar-refractivity contribution in [1.82, 2.24) is 9.97 Å². The number of nitrogens with zero attached hydrogens (tertiary/aromatic N) is 4. The Balaban J connectivity index is 1.63. The van der Waals surface area contributed by atoms with Gasteiger partial charge in [-0.05, 0) is 42.5 Å². The van der Waals surface area contributed by atoms with Crippen LogP contribution in [0.3, 0.4) is 0 Å². The molecule has 0 aliphatic carbocycles. The van der Waals surface area contributed by atoms with Crippen molar-refractivity contribution in [2.24, 2.45) is 0 Å². The first-order valence-electron chi connectivity index (χ1n) is 9.70. The zero-order chi connectivity index (χ0) is 20.5. The van der Waals surface area contributed by atoms with Crippen LogP contribution >= 0.6 is 0 Å². The average Bonchev–Trinajstić information content (AvgIpc) is 3.15. The summed E-state index contributed by atoms with van der Waals surface area (Å²) >= 11 is 0. The van der Waals surface area contributed by atoms with E-state index in [1.54, 1.807) is 19.5 Å². The van der Waals surface area contributed by atoms with E-state index in [0.29, 0.717) is 0 Å². The highest BCUT2D eigenvalue weighted by molar-refractivity contribution is 6.03. The zero-order valence-electron chi connectivity index (χ0n) is 16.8. The second-order valence-corrected chi connectivity index (χ2v) is 7.18. The number of ether oxygens (including phenoxy) is 1. The number of hydrogen-bond donors (Lipinski definition) is 0. The smallest absolute Gasteiger partial charge is 0.120 e. The number of fused-ring (bicyclic) bond motifs is 3. The lowest BCUT2D eigenvalue weighted by Crippen LogP contribution is -2.24. The van der Waals surface area contributed by atoms with Gasteiger partial charge in [-0.15, -0.1) is 0 Å². The molecule has 3 heterocycles. The predicted molar refractivity (Wildman–Crippen MR) is 120 cm³/mol. The number of methoxy groups -OCH3 is 1. The van der Waals surface area contributed by atoms with Gasteiger partial charge in [-0.2, -0.15) is 0 Å². The van der Waals surface area contributed by atoms with Crippen LogP contribution in [0.15, 0.2) is 73.2 Å². The summed E-state index contributed by atoms with van der Waals surface area (Å²) in [5.41, 5.74) is 6.11. The summed E-state index contributed by atoms with van der Waals surface area (Å²) in [6.07, 6.45) is 5.46. The normalized spacial score (nSPS) is 12.5. The minimum absolute atomic E-state index is 0.745. The lowest BCUT2D eigenvalue weighted by molar-refractivity contribution is 0.415. The maximum atomic E-state index is 5.43. The van der Waals surface area contributed by atoms with Gasteiger partial charge in [0.15, 0.2) is 0 Å². The molecule has 146 valence electrons. The first-order chi connectivity index (χ1) is 14.7. The van der Waals surface area contributed by atoms with Crippen LogP contribution in [0.2, 0.25) is 0 Å². The van der Waals surface area contributed by atoms with Crippen molar-refractivity contribution < 1.29 is 4.74 Å². The molecule has 0 bridgehead atoms. The molecule has 0 amide bonds. The van der Waals surface area contributed by atoms with Gasteiger partial charge < -0.3 is 14.5 Å². The van der Waals surface area contributed by atoms with Crippen LogP contribution in [-0.4, -0.2) is 30.8 Å². The van der Waals surface area contributed by atoms with E-state index in [4.69, 9.17) is 4.74 Å². The maximum Gasteiger partial charge on any atom is 0.120 e. The third-order valence-electron chi connectivity index (χ3n) is 5.23. The predicted octanol–water partition coefficient (Wildman–Crippen LogP) is 4.58. The van der Waals surface area contributed by atoms with Crippen molar-refractivity contribution in [3.8, 4) is 17.6 Å². The molecule has 2 aromatic carbocycles. The molecular weight excluding hydrogens is 372 g/mol. The lowest BCUT2D eigenvalue weighted by Gasteiger charge is -2.21. The van der Waals surface area contributed by atoms with Gasteiger partial charge in [0.25, 0.3) is 0 Å². The van der Waals surface area contributed by atoms with Gasteiger partial charge in [-0.1, -0.05) is 17.9 Å². The summed E-state index contributed by atoms with van der Waals surface area (Å²) in [7, 11) is 3.77. The second kappa shape index (κ2) is 7.41. The Bertz CT molecular complexity index is 1290. The molecule has 1 aliphatic heterocycles. The average molecular weight is 392 g/mol. The van der Waals surface area contributed by atoms with Crippen molar-refractivity contribution in [1.29, 1.82) is 0 Å².